The summed E-state index contributed by atoms with van der Waals surface area (Å²) in [4.78, 5) is 4.31. The molecule has 4 heteroatoms. The highest BCUT2D eigenvalue weighted by Gasteiger charge is 2.24. The lowest BCUT2D eigenvalue weighted by atomic mass is 9.99. The average molecular weight is 225 g/mol. The number of fused-ring (bicyclic) bond motifs is 1. The van der Waals surface area contributed by atoms with Crippen molar-refractivity contribution in [2.24, 2.45) is 0 Å². The lowest BCUT2D eigenvalue weighted by Crippen LogP contribution is -2.03. The van der Waals surface area contributed by atoms with Crippen LogP contribution in [0.3, 0.4) is 0 Å². The summed E-state index contributed by atoms with van der Waals surface area (Å²) in [5.41, 5.74) is 9.22. The summed E-state index contributed by atoms with van der Waals surface area (Å²) in [5, 5.41) is 9.22. The van der Waals surface area contributed by atoms with E-state index < -0.39 is 0 Å². The van der Waals surface area contributed by atoms with E-state index in [4.69, 9.17) is 10.2 Å². The van der Waals surface area contributed by atoms with Crippen LogP contribution in [0.4, 0.5) is 5.82 Å². The number of rotatable bonds is 1. The Labute approximate surface area is 98.7 Å². The molecule has 0 aliphatic heterocycles. The van der Waals surface area contributed by atoms with Crippen molar-refractivity contribution < 1.29 is 4.42 Å². The minimum atomic E-state index is 0.305. The van der Waals surface area contributed by atoms with Gasteiger partial charge in [0, 0.05) is 11.3 Å². The Balaban J connectivity index is 2.35. The Bertz CT molecular complexity index is 608. The molecule has 1 aliphatic carbocycles. The molecule has 0 bridgehead atoms. The number of pyridine rings is 1. The molecule has 0 amide bonds. The predicted octanol–water partition coefficient (Wildman–Crippen LogP) is 2.28. The van der Waals surface area contributed by atoms with Crippen molar-refractivity contribution in [2.75, 3.05) is 5.73 Å². The van der Waals surface area contributed by atoms with Gasteiger partial charge in [-0.25, -0.2) is 4.98 Å². The van der Waals surface area contributed by atoms with E-state index in [0.29, 0.717) is 17.1 Å². The fourth-order valence-electron chi connectivity index (χ4n) is 2.41. The SMILES string of the molecule is N#Cc1c(N)nc2c(c1-c1ccco1)CCC2. The Morgan fingerprint density at radius 2 is 2.29 bits per heavy atom. The van der Waals surface area contributed by atoms with E-state index in [9.17, 15) is 5.26 Å². The van der Waals surface area contributed by atoms with Crippen molar-refractivity contribution in [3.05, 3.63) is 35.2 Å². The Kier molecular flexibility index (Phi) is 2.12. The van der Waals surface area contributed by atoms with E-state index in [1.807, 2.05) is 12.1 Å². The van der Waals surface area contributed by atoms with Crippen LogP contribution in [0, 0.1) is 11.3 Å². The van der Waals surface area contributed by atoms with Gasteiger partial charge >= 0.3 is 0 Å². The van der Waals surface area contributed by atoms with Crippen LogP contribution in [0.2, 0.25) is 0 Å². The van der Waals surface area contributed by atoms with Crippen LogP contribution >= 0.6 is 0 Å². The molecule has 2 N–H and O–H groups in total. The molecule has 0 aromatic carbocycles. The third kappa shape index (κ3) is 1.40. The normalized spacial score (nSPS) is 13.4. The Morgan fingerprint density at radius 1 is 1.41 bits per heavy atom. The number of aryl methyl sites for hydroxylation is 1. The van der Waals surface area contributed by atoms with Crippen molar-refractivity contribution in [1.82, 2.24) is 4.98 Å². The van der Waals surface area contributed by atoms with Gasteiger partial charge in [-0.3, -0.25) is 0 Å². The molecule has 0 atom stereocenters. The molecule has 2 aromatic heterocycles. The minimum Gasteiger partial charge on any atom is -0.464 e. The average Bonchev–Trinajstić information content (AvgIpc) is 2.97. The van der Waals surface area contributed by atoms with Crippen LogP contribution in [-0.2, 0) is 12.8 Å². The first-order valence-corrected chi connectivity index (χ1v) is 5.56. The maximum absolute atomic E-state index is 9.22. The lowest BCUT2D eigenvalue weighted by Gasteiger charge is -2.09. The number of nitrogens with zero attached hydrogens (tertiary/aromatic N) is 2. The van der Waals surface area contributed by atoms with Gasteiger partial charge in [-0.15, -0.1) is 0 Å². The molecule has 17 heavy (non-hydrogen) atoms. The fraction of sp³-hybridized carbons (Fsp3) is 0.231. The summed E-state index contributed by atoms with van der Waals surface area (Å²) in [5.74, 6) is 1.01. The van der Waals surface area contributed by atoms with Crippen LogP contribution in [0.1, 0.15) is 23.2 Å². The second-order valence-electron chi connectivity index (χ2n) is 4.11. The zero-order chi connectivity index (χ0) is 11.8. The first-order chi connectivity index (χ1) is 8.31. The predicted molar refractivity (Wildman–Crippen MR) is 63.1 cm³/mol. The monoisotopic (exact) mass is 225 g/mol. The number of nitrogens with two attached hydrogens (primary N) is 1. The zero-order valence-corrected chi connectivity index (χ0v) is 9.23. The highest BCUT2D eigenvalue weighted by atomic mass is 16.3. The quantitative estimate of drug-likeness (QED) is 0.807. The van der Waals surface area contributed by atoms with Crippen LogP contribution in [-0.4, -0.2) is 4.98 Å². The van der Waals surface area contributed by atoms with Crippen molar-refractivity contribution in [3.63, 3.8) is 0 Å². The summed E-state index contributed by atoms with van der Waals surface area (Å²) >= 11 is 0. The largest absolute Gasteiger partial charge is 0.464 e. The van der Waals surface area contributed by atoms with Crippen molar-refractivity contribution in [3.8, 4) is 17.4 Å². The molecule has 2 aromatic rings. The zero-order valence-electron chi connectivity index (χ0n) is 9.23. The van der Waals surface area contributed by atoms with E-state index >= 15 is 0 Å². The first kappa shape index (κ1) is 9.91. The summed E-state index contributed by atoms with van der Waals surface area (Å²) in [7, 11) is 0. The standard InChI is InChI=1S/C13H11N3O/c14-7-9-12(11-5-2-6-17-11)8-3-1-4-10(8)16-13(9)15/h2,5-6H,1,3-4H2,(H2,15,16). The molecule has 0 radical (unpaired) electrons. The molecular formula is C13H11N3O. The summed E-state index contributed by atoms with van der Waals surface area (Å²) < 4.78 is 5.41. The number of hydrogen-bond donors (Lipinski definition) is 1. The van der Waals surface area contributed by atoms with Crippen LogP contribution in [0.5, 0.6) is 0 Å². The number of anilines is 1. The van der Waals surface area contributed by atoms with E-state index in [0.717, 1.165) is 36.1 Å². The topological polar surface area (TPSA) is 75.8 Å². The molecule has 3 rings (SSSR count). The van der Waals surface area contributed by atoms with Gasteiger partial charge in [-0.1, -0.05) is 0 Å². The molecule has 0 saturated carbocycles. The van der Waals surface area contributed by atoms with E-state index in [1.54, 1.807) is 6.26 Å². The highest BCUT2D eigenvalue weighted by Crippen LogP contribution is 2.36. The van der Waals surface area contributed by atoms with Gasteiger partial charge < -0.3 is 10.2 Å². The number of aromatic nitrogens is 1. The number of nitrogen functional groups attached to an aromatic ring is 1. The molecular weight excluding hydrogens is 214 g/mol. The number of nitriles is 1. The summed E-state index contributed by atoms with van der Waals surface area (Å²) in [6.07, 6.45) is 4.53. The van der Waals surface area contributed by atoms with Crippen LogP contribution in [0.15, 0.2) is 22.8 Å². The van der Waals surface area contributed by atoms with Crippen molar-refractivity contribution >= 4 is 5.82 Å². The minimum absolute atomic E-state index is 0.305. The van der Waals surface area contributed by atoms with Gasteiger partial charge in [0.15, 0.2) is 0 Å². The molecule has 2 heterocycles. The molecule has 0 spiro atoms. The molecule has 0 fully saturated rings. The van der Waals surface area contributed by atoms with E-state index in [1.165, 1.54) is 0 Å². The molecule has 0 unspecified atom stereocenters. The van der Waals surface area contributed by atoms with Crippen LogP contribution < -0.4 is 5.73 Å². The number of furan rings is 1. The Morgan fingerprint density at radius 3 is 3.00 bits per heavy atom. The van der Waals surface area contributed by atoms with Crippen molar-refractivity contribution in [2.45, 2.75) is 19.3 Å². The lowest BCUT2D eigenvalue weighted by molar-refractivity contribution is 0.581. The Hall–Kier alpha value is -2.28. The van der Waals surface area contributed by atoms with E-state index in [2.05, 4.69) is 11.1 Å². The number of hydrogen-bond acceptors (Lipinski definition) is 4. The van der Waals surface area contributed by atoms with Gasteiger partial charge in [0.25, 0.3) is 0 Å². The van der Waals surface area contributed by atoms with Gasteiger partial charge in [-0.05, 0) is 37.0 Å². The molecule has 84 valence electrons. The van der Waals surface area contributed by atoms with Gasteiger partial charge in [-0.2, -0.15) is 5.26 Å². The fourth-order valence-corrected chi connectivity index (χ4v) is 2.41. The molecule has 1 aliphatic rings. The summed E-state index contributed by atoms with van der Waals surface area (Å²) in [6, 6.07) is 5.80. The third-order valence-corrected chi connectivity index (χ3v) is 3.13. The maximum Gasteiger partial charge on any atom is 0.142 e. The smallest absolute Gasteiger partial charge is 0.142 e. The van der Waals surface area contributed by atoms with Gasteiger partial charge in [0.2, 0.25) is 0 Å². The van der Waals surface area contributed by atoms with E-state index in [-0.39, 0.29) is 0 Å². The molecule has 0 saturated heterocycles. The second kappa shape index (κ2) is 3.63. The summed E-state index contributed by atoms with van der Waals surface area (Å²) in [6.45, 7) is 0. The van der Waals surface area contributed by atoms with Crippen LogP contribution in [0.25, 0.3) is 11.3 Å². The third-order valence-electron chi connectivity index (χ3n) is 3.13. The van der Waals surface area contributed by atoms with Gasteiger partial charge in [0.1, 0.15) is 23.2 Å². The maximum atomic E-state index is 9.22. The second-order valence-corrected chi connectivity index (χ2v) is 4.11. The van der Waals surface area contributed by atoms with Gasteiger partial charge in [0.05, 0.1) is 6.26 Å². The molecule has 4 nitrogen and oxygen atoms in total. The first-order valence-electron chi connectivity index (χ1n) is 5.56. The van der Waals surface area contributed by atoms with Crippen molar-refractivity contribution in [1.29, 1.82) is 5.26 Å². The highest BCUT2D eigenvalue weighted by molar-refractivity contribution is 5.76.